The van der Waals surface area contributed by atoms with Crippen LogP contribution in [0.3, 0.4) is 0 Å². The van der Waals surface area contributed by atoms with Crippen LogP contribution in [0.4, 0.5) is 5.69 Å². The number of likely N-dealkylation sites (N-methyl/N-ethyl adjacent to an activating group) is 1. The van der Waals surface area contributed by atoms with Crippen molar-refractivity contribution in [1.29, 1.82) is 0 Å². The van der Waals surface area contributed by atoms with E-state index in [-0.39, 0.29) is 12.5 Å². The van der Waals surface area contributed by atoms with Crippen molar-refractivity contribution >= 4 is 21.6 Å². The van der Waals surface area contributed by atoms with Gasteiger partial charge in [0.2, 0.25) is 15.9 Å². The Kier molecular flexibility index (Phi) is 4.77. The molecule has 1 aliphatic rings. The molecule has 0 aromatic heterocycles. The van der Waals surface area contributed by atoms with Gasteiger partial charge in [-0.05, 0) is 37.0 Å². The Bertz CT molecular complexity index is 685. The van der Waals surface area contributed by atoms with Gasteiger partial charge in [-0.1, -0.05) is 6.07 Å². The number of aryl methyl sites for hydroxylation is 1. The van der Waals surface area contributed by atoms with Gasteiger partial charge in [-0.25, -0.2) is 8.42 Å². The van der Waals surface area contributed by atoms with Crippen molar-refractivity contribution in [1.82, 2.24) is 4.31 Å². The fraction of sp³-hybridized carbons (Fsp3) is 0.533. The van der Waals surface area contributed by atoms with Gasteiger partial charge in [0.25, 0.3) is 0 Å². The highest BCUT2D eigenvalue weighted by molar-refractivity contribution is 7.88. The lowest BCUT2D eigenvalue weighted by Gasteiger charge is -2.32. The van der Waals surface area contributed by atoms with E-state index in [0.29, 0.717) is 12.3 Å². The summed E-state index contributed by atoms with van der Waals surface area (Å²) in [6.45, 7) is 2.41. The van der Waals surface area contributed by atoms with Crippen LogP contribution in [0.1, 0.15) is 17.5 Å². The highest BCUT2D eigenvalue weighted by Gasteiger charge is 2.28. The van der Waals surface area contributed by atoms with Crippen LogP contribution in [0.25, 0.3) is 0 Å². The molecule has 0 fully saturated rings. The molecule has 0 aliphatic carbocycles. The smallest absolute Gasteiger partial charge is 0.242 e. The maximum Gasteiger partial charge on any atom is 0.242 e. The molecular weight excluding hydrogens is 304 g/mol. The van der Waals surface area contributed by atoms with Gasteiger partial charge in [0.15, 0.2) is 0 Å². The number of anilines is 1. The molecule has 122 valence electrons. The fourth-order valence-electron chi connectivity index (χ4n) is 2.66. The van der Waals surface area contributed by atoms with E-state index in [9.17, 15) is 13.2 Å². The van der Waals surface area contributed by atoms with E-state index in [2.05, 4.69) is 0 Å². The average Bonchev–Trinajstić information content (AvgIpc) is 2.46. The van der Waals surface area contributed by atoms with E-state index < -0.39 is 10.0 Å². The van der Waals surface area contributed by atoms with Gasteiger partial charge < -0.3 is 9.64 Å². The van der Waals surface area contributed by atoms with Crippen LogP contribution in [0.15, 0.2) is 12.1 Å². The Morgan fingerprint density at radius 2 is 2.09 bits per heavy atom. The highest BCUT2D eigenvalue weighted by atomic mass is 32.2. The summed E-state index contributed by atoms with van der Waals surface area (Å²) >= 11 is 0. The molecule has 6 nitrogen and oxygen atoms in total. The molecule has 0 bridgehead atoms. The van der Waals surface area contributed by atoms with Crippen LogP contribution in [0.2, 0.25) is 0 Å². The van der Waals surface area contributed by atoms with Gasteiger partial charge in [0.1, 0.15) is 5.75 Å². The minimum absolute atomic E-state index is 0.171. The number of ether oxygens (including phenoxy) is 1. The monoisotopic (exact) mass is 326 g/mol. The molecule has 1 aromatic carbocycles. The summed E-state index contributed by atoms with van der Waals surface area (Å²) < 4.78 is 29.5. The number of hydrogen-bond acceptors (Lipinski definition) is 4. The molecule has 22 heavy (non-hydrogen) atoms. The first-order chi connectivity index (χ1) is 10.3. The molecule has 0 spiro atoms. The number of nitrogens with zero attached hydrogens (tertiary/aromatic N) is 2. The van der Waals surface area contributed by atoms with E-state index >= 15 is 0 Å². The van der Waals surface area contributed by atoms with Gasteiger partial charge in [-0.15, -0.1) is 0 Å². The van der Waals surface area contributed by atoms with E-state index in [1.165, 1.54) is 7.05 Å². The first-order valence-corrected chi connectivity index (χ1v) is 8.98. The third-order valence-electron chi connectivity index (χ3n) is 4.00. The second kappa shape index (κ2) is 6.26. The normalized spacial score (nSPS) is 14.9. The van der Waals surface area contributed by atoms with Crippen molar-refractivity contribution in [2.75, 3.05) is 38.4 Å². The molecule has 1 amide bonds. The number of methoxy groups -OCH3 is 1. The van der Waals surface area contributed by atoms with Crippen LogP contribution in [-0.4, -0.2) is 52.1 Å². The van der Waals surface area contributed by atoms with Crippen molar-refractivity contribution in [3.05, 3.63) is 23.3 Å². The number of hydrogen-bond donors (Lipinski definition) is 0. The van der Waals surface area contributed by atoms with Crippen molar-refractivity contribution in [3.8, 4) is 5.75 Å². The molecule has 0 unspecified atom stereocenters. The Balaban J connectivity index is 2.36. The Morgan fingerprint density at radius 3 is 2.68 bits per heavy atom. The van der Waals surface area contributed by atoms with Crippen molar-refractivity contribution in [3.63, 3.8) is 0 Å². The highest BCUT2D eigenvalue weighted by Crippen LogP contribution is 2.38. The summed E-state index contributed by atoms with van der Waals surface area (Å²) in [6.07, 6.45) is 2.84. The number of carbonyl (C=O) groups excluding carboxylic acids is 1. The topological polar surface area (TPSA) is 66.9 Å². The zero-order valence-corrected chi connectivity index (χ0v) is 14.2. The molecule has 0 radical (unpaired) electrons. The van der Waals surface area contributed by atoms with E-state index in [0.717, 1.165) is 40.2 Å². The summed E-state index contributed by atoms with van der Waals surface area (Å²) in [5, 5.41) is 0. The van der Waals surface area contributed by atoms with Crippen LogP contribution >= 0.6 is 0 Å². The zero-order valence-electron chi connectivity index (χ0n) is 13.4. The molecule has 7 heteroatoms. The summed E-state index contributed by atoms with van der Waals surface area (Å²) in [5.74, 6) is 0.411. The largest absolute Gasteiger partial charge is 0.495 e. The second-order valence-corrected chi connectivity index (χ2v) is 7.67. The number of amides is 1. The number of benzene rings is 1. The molecule has 0 saturated heterocycles. The minimum Gasteiger partial charge on any atom is -0.495 e. The van der Waals surface area contributed by atoms with Crippen LogP contribution in [0, 0.1) is 6.92 Å². The summed E-state index contributed by atoms with van der Waals surface area (Å²) in [4.78, 5) is 14.2. The maximum atomic E-state index is 12.6. The molecule has 0 saturated carbocycles. The third kappa shape index (κ3) is 3.25. The predicted molar refractivity (Wildman–Crippen MR) is 85.9 cm³/mol. The Morgan fingerprint density at radius 1 is 1.41 bits per heavy atom. The summed E-state index contributed by atoms with van der Waals surface area (Å²) in [5.41, 5.74) is 2.99. The Labute approximate surface area is 131 Å². The molecule has 2 rings (SSSR count). The van der Waals surface area contributed by atoms with Crippen LogP contribution < -0.4 is 9.64 Å². The van der Waals surface area contributed by atoms with Gasteiger partial charge in [0.05, 0.1) is 25.6 Å². The number of carbonyl (C=O) groups is 1. The Hall–Kier alpha value is -1.60. The molecular formula is C15H22N2O4S. The van der Waals surface area contributed by atoms with Crippen LogP contribution in [-0.2, 0) is 21.2 Å². The van der Waals surface area contributed by atoms with E-state index in [1.54, 1.807) is 12.0 Å². The number of rotatable bonds is 4. The van der Waals surface area contributed by atoms with Gasteiger partial charge in [-0.2, -0.15) is 4.31 Å². The number of sulfonamides is 1. The van der Waals surface area contributed by atoms with Crippen molar-refractivity contribution in [2.24, 2.45) is 0 Å². The maximum absolute atomic E-state index is 12.6. The van der Waals surface area contributed by atoms with E-state index in [4.69, 9.17) is 4.74 Å². The van der Waals surface area contributed by atoms with Crippen molar-refractivity contribution < 1.29 is 17.9 Å². The fourth-order valence-corrected chi connectivity index (χ4v) is 3.01. The predicted octanol–water partition coefficient (Wildman–Crippen LogP) is 1.17. The zero-order chi connectivity index (χ0) is 16.5. The van der Waals surface area contributed by atoms with E-state index in [1.807, 2.05) is 19.1 Å². The standard InChI is InChI=1S/C15H22N2O4S/c1-11-7-8-13(21-3)15-12(11)6-5-9-17(15)14(18)10-16(2)22(4,19)20/h7-8H,5-6,9-10H2,1-4H3. The minimum atomic E-state index is -3.38. The second-order valence-electron chi connectivity index (χ2n) is 5.58. The first kappa shape index (κ1) is 16.8. The van der Waals surface area contributed by atoms with Crippen molar-refractivity contribution in [2.45, 2.75) is 19.8 Å². The molecule has 1 aliphatic heterocycles. The summed E-state index contributed by atoms with van der Waals surface area (Å²) in [7, 11) is -0.401. The SMILES string of the molecule is COc1ccc(C)c2c1N(C(=O)CN(C)S(C)(=O)=O)CCC2. The molecule has 1 heterocycles. The number of fused-ring (bicyclic) bond motifs is 1. The van der Waals surface area contributed by atoms with Gasteiger partial charge in [-0.3, -0.25) is 4.79 Å². The summed E-state index contributed by atoms with van der Waals surface area (Å²) in [6, 6.07) is 3.83. The molecule has 0 N–H and O–H groups in total. The van der Waals surface area contributed by atoms with Gasteiger partial charge >= 0.3 is 0 Å². The lowest BCUT2D eigenvalue weighted by atomic mass is 9.96. The van der Waals surface area contributed by atoms with Crippen LogP contribution in [0.5, 0.6) is 5.75 Å². The lowest BCUT2D eigenvalue weighted by Crippen LogP contribution is -2.43. The molecule has 0 atom stereocenters. The molecule has 1 aromatic rings. The van der Waals surface area contributed by atoms with Gasteiger partial charge in [0, 0.05) is 13.6 Å². The quantitative estimate of drug-likeness (QED) is 0.833. The third-order valence-corrected chi connectivity index (χ3v) is 5.26. The lowest BCUT2D eigenvalue weighted by molar-refractivity contribution is -0.118. The first-order valence-electron chi connectivity index (χ1n) is 7.14. The average molecular weight is 326 g/mol.